The van der Waals surface area contributed by atoms with E-state index >= 15 is 0 Å². The van der Waals surface area contributed by atoms with Crippen molar-refractivity contribution in [3.63, 3.8) is 0 Å². The number of benzene rings is 2. The Kier molecular flexibility index (Phi) is 4.35. The first-order valence-electron chi connectivity index (χ1n) is 6.01. The number of nitrogens with zero attached hydrogens (tertiary/aromatic N) is 2. The minimum absolute atomic E-state index is 0.185. The number of phenols is 1. The highest BCUT2D eigenvalue weighted by atomic mass is 16.6. The number of anilines is 1. The molecule has 0 aliphatic heterocycles. The highest BCUT2D eigenvalue weighted by Crippen LogP contribution is 2.33. The summed E-state index contributed by atoms with van der Waals surface area (Å²) in [5, 5.41) is 24.7. The molecule has 7 nitrogen and oxygen atoms in total. The lowest BCUT2D eigenvalue weighted by Gasteiger charge is -2.05. The number of nitro benzene ring substituents is 1. The van der Waals surface area contributed by atoms with E-state index in [-0.39, 0.29) is 11.3 Å². The Labute approximate surface area is 120 Å². The van der Waals surface area contributed by atoms with Gasteiger partial charge < -0.3 is 9.84 Å². The molecule has 2 aromatic carbocycles. The molecule has 0 spiro atoms. The maximum atomic E-state index is 10.9. The molecular formula is C14H13N3O4. The van der Waals surface area contributed by atoms with E-state index in [1.807, 2.05) is 30.3 Å². The van der Waals surface area contributed by atoms with E-state index in [2.05, 4.69) is 10.5 Å². The second kappa shape index (κ2) is 6.38. The van der Waals surface area contributed by atoms with Crippen LogP contribution in [-0.4, -0.2) is 23.4 Å². The second-order valence-electron chi connectivity index (χ2n) is 4.08. The average Bonchev–Trinajstić information content (AvgIpc) is 2.49. The number of rotatable bonds is 5. The van der Waals surface area contributed by atoms with Crippen LogP contribution in [0.1, 0.15) is 5.56 Å². The van der Waals surface area contributed by atoms with Gasteiger partial charge in [-0.25, -0.2) is 0 Å². The molecule has 108 valence electrons. The van der Waals surface area contributed by atoms with Crippen molar-refractivity contribution in [3.05, 3.63) is 58.1 Å². The summed E-state index contributed by atoms with van der Waals surface area (Å²) in [5.41, 5.74) is 3.26. The predicted octanol–water partition coefficient (Wildman–Crippen LogP) is 2.76. The molecule has 0 saturated heterocycles. The summed E-state index contributed by atoms with van der Waals surface area (Å²) in [6, 6.07) is 11.8. The quantitative estimate of drug-likeness (QED) is 0.500. The molecular weight excluding hydrogens is 274 g/mol. The molecule has 21 heavy (non-hydrogen) atoms. The van der Waals surface area contributed by atoms with Crippen molar-refractivity contribution in [3.8, 4) is 11.5 Å². The number of nitrogens with one attached hydrogen (secondary N) is 1. The van der Waals surface area contributed by atoms with Crippen LogP contribution >= 0.6 is 0 Å². The van der Waals surface area contributed by atoms with E-state index < -0.39 is 16.4 Å². The zero-order valence-corrected chi connectivity index (χ0v) is 11.2. The minimum Gasteiger partial charge on any atom is -0.502 e. The smallest absolute Gasteiger partial charge is 0.315 e. The number of hydrogen-bond acceptors (Lipinski definition) is 6. The van der Waals surface area contributed by atoms with Gasteiger partial charge in [-0.2, -0.15) is 5.10 Å². The summed E-state index contributed by atoms with van der Waals surface area (Å²) < 4.78 is 4.97. The molecule has 2 N–H and O–H groups in total. The number of hydrazone groups is 1. The van der Waals surface area contributed by atoms with E-state index in [1.54, 1.807) is 0 Å². The Bertz CT molecular complexity index is 671. The Hall–Kier alpha value is -3.09. The SMILES string of the molecule is COc1cc(C=NNc2ccccc2)c(O)c([N+](=O)[O-])c1. The third-order valence-electron chi connectivity index (χ3n) is 2.70. The van der Waals surface area contributed by atoms with E-state index in [4.69, 9.17) is 4.74 Å². The van der Waals surface area contributed by atoms with Gasteiger partial charge in [-0.1, -0.05) is 18.2 Å². The van der Waals surface area contributed by atoms with Crippen LogP contribution in [0, 0.1) is 10.1 Å². The molecule has 0 heterocycles. The highest BCUT2D eigenvalue weighted by molar-refractivity contribution is 5.87. The second-order valence-corrected chi connectivity index (χ2v) is 4.08. The van der Waals surface area contributed by atoms with Crippen LogP contribution in [0.4, 0.5) is 11.4 Å². The van der Waals surface area contributed by atoms with Crippen molar-refractivity contribution >= 4 is 17.6 Å². The zero-order valence-electron chi connectivity index (χ0n) is 11.2. The monoisotopic (exact) mass is 287 g/mol. The summed E-state index contributed by atoms with van der Waals surface area (Å²) in [6.07, 6.45) is 1.29. The molecule has 0 unspecified atom stereocenters. The third-order valence-corrected chi connectivity index (χ3v) is 2.70. The molecule has 2 aromatic rings. The van der Waals surface area contributed by atoms with Gasteiger partial charge in [0.05, 0.1) is 30.0 Å². The molecule has 0 saturated carbocycles. The van der Waals surface area contributed by atoms with Crippen molar-refractivity contribution in [2.75, 3.05) is 12.5 Å². The number of hydrogen-bond donors (Lipinski definition) is 2. The number of ether oxygens (including phenoxy) is 1. The molecule has 2 rings (SSSR count). The average molecular weight is 287 g/mol. The summed E-state index contributed by atoms with van der Waals surface area (Å²) in [5.74, 6) is -0.194. The largest absolute Gasteiger partial charge is 0.502 e. The maximum absolute atomic E-state index is 10.9. The van der Waals surface area contributed by atoms with Crippen molar-refractivity contribution in [2.24, 2.45) is 5.10 Å². The first kappa shape index (κ1) is 14.3. The standard InChI is InChI=1S/C14H13N3O4/c1-21-12-7-10(14(18)13(8-12)17(19)20)9-15-16-11-5-3-2-4-6-11/h2-9,16,18H,1H3. The summed E-state index contributed by atoms with van der Waals surface area (Å²) >= 11 is 0. The van der Waals surface area contributed by atoms with Crippen LogP contribution < -0.4 is 10.2 Å². The number of methoxy groups -OCH3 is 1. The van der Waals surface area contributed by atoms with Crippen LogP contribution in [-0.2, 0) is 0 Å². The molecule has 0 fully saturated rings. The number of phenolic OH excluding ortho intramolecular Hbond substituents is 1. The lowest BCUT2D eigenvalue weighted by Crippen LogP contribution is -1.96. The van der Waals surface area contributed by atoms with E-state index in [9.17, 15) is 15.2 Å². The first-order chi connectivity index (χ1) is 10.1. The van der Waals surface area contributed by atoms with E-state index in [1.165, 1.54) is 19.4 Å². The highest BCUT2D eigenvalue weighted by Gasteiger charge is 2.18. The minimum atomic E-state index is -0.681. The van der Waals surface area contributed by atoms with Crippen molar-refractivity contribution in [1.82, 2.24) is 0 Å². The molecule has 0 aliphatic carbocycles. The van der Waals surface area contributed by atoms with Gasteiger partial charge in [0.1, 0.15) is 5.75 Å². The number of aromatic hydroxyl groups is 1. The van der Waals surface area contributed by atoms with Gasteiger partial charge in [0.25, 0.3) is 0 Å². The topological polar surface area (TPSA) is 97.0 Å². The van der Waals surface area contributed by atoms with Gasteiger partial charge in [0.15, 0.2) is 0 Å². The third kappa shape index (κ3) is 3.47. The van der Waals surface area contributed by atoms with Crippen molar-refractivity contribution in [1.29, 1.82) is 0 Å². The molecule has 0 aliphatic rings. The molecule has 0 radical (unpaired) electrons. The Balaban J connectivity index is 2.26. The van der Waals surface area contributed by atoms with E-state index in [0.29, 0.717) is 0 Å². The fourth-order valence-corrected chi connectivity index (χ4v) is 1.66. The van der Waals surface area contributed by atoms with Crippen molar-refractivity contribution < 1.29 is 14.8 Å². The summed E-state index contributed by atoms with van der Waals surface area (Å²) in [4.78, 5) is 10.2. The van der Waals surface area contributed by atoms with Crippen LogP contribution in [0.15, 0.2) is 47.6 Å². The van der Waals surface area contributed by atoms with Crippen LogP contribution in [0.2, 0.25) is 0 Å². The fourth-order valence-electron chi connectivity index (χ4n) is 1.66. The molecule has 0 amide bonds. The van der Waals surface area contributed by atoms with Gasteiger partial charge in [0, 0.05) is 5.56 Å². The lowest BCUT2D eigenvalue weighted by molar-refractivity contribution is -0.385. The summed E-state index contributed by atoms with van der Waals surface area (Å²) in [7, 11) is 1.39. The van der Waals surface area contributed by atoms with Gasteiger partial charge in [-0.15, -0.1) is 0 Å². The zero-order chi connectivity index (χ0) is 15.2. The molecule has 7 heteroatoms. The van der Waals surface area contributed by atoms with Gasteiger partial charge >= 0.3 is 5.69 Å². The van der Waals surface area contributed by atoms with Gasteiger partial charge in [-0.05, 0) is 18.2 Å². The van der Waals surface area contributed by atoms with Crippen LogP contribution in [0.25, 0.3) is 0 Å². The van der Waals surface area contributed by atoms with Crippen LogP contribution in [0.5, 0.6) is 11.5 Å². The normalized spacial score (nSPS) is 10.5. The Morgan fingerprint density at radius 2 is 2.05 bits per heavy atom. The number of para-hydroxylation sites is 1. The summed E-state index contributed by atoms with van der Waals surface area (Å²) in [6.45, 7) is 0. The first-order valence-corrected chi connectivity index (χ1v) is 6.01. The Morgan fingerprint density at radius 3 is 2.67 bits per heavy atom. The van der Waals surface area contributed by atoms with Gasteiger partial charge in [-0.3, -0.25) is 15.5 Å². The lowest BCUT2D eigenvalue weighted by atomic mass is 10.1. The molecule has 0 aromatic heterocycles. The predicted molar refractivity (Wildman–Crippen MR) is 79.0 cm³/mol. The molecule has 0 atom stereocenters. The van der Waals surface area contributed by atoms with Gasteiger partial charge in [0.2, 0.25) is 5.75 Å². The Morgan fingerprint density at radius 1 is 1.33 bits per heavy atom. The maximum Gasteiger partial charge on any atom is 0.315 e. The van der Waals surface area contributed by atoms with Crippen molar-refractivity contribution in [2.45, 2.75) is 0 Å². The van der Waals surface area contributed by atoms with Crippen LogP contribution in [0.3, 0.4) is 0 Å². The fraction of sp³-hybridized carbons (Fsp3) is 0.0714. The molecule has 0 bridgehead atoms. The van der Waals surface area contributed by atoms with E-state index in [0.717, 1.165) is 11.8 Å². The number of nitro groups is 1.